The first-order chi connectivity index (χ1) is 10.2. The summed E-state index contributed by atoms with van der Waals surface area (Å²) in [4.78, 5) is 11.0. The smallest absolute Gasteiger partial charge is 0.339 e. The van der Waals surface area contributed by atoms with Gasteiger partial charge in [0.15, 0.2) is 0 Å². The molecule has 0 aliphatic heterocycles. The minimum Gasteiger partial charge on any atom is -0.493 e. The van der Waals surface area contributed by atoms with E-state index in [2.05, 4.69) is 6.92 Å². The lowest BCUT2D eigenvalue weighted by Gasteiger charge is -2.26. The van der Waals surface area contributed by atoms with E-state index in [-0.39, 0.29) is 5.56 Å². The lowest BCUT2D eigenvalue weighted by Crippen LogP contribution is -2.22. The third-order valence-electron chi connectivity index (χ3n) is 3.91. The van der Waals surface area contributed by atoms with Crippen molar-refractivity contribution in [3.8, 4) is 5.75 Å². The van der Waals surface area contributed by atoms with Crippen molar-refractivity contribution in [3.63, 3.8) is 0 Å². The molecule has 1 fully saturated rings. The highest BCUT2D eigenvalue weighted by Crippen LogP contribution is 2.25. The van der Waals surface area contributed by atoms with Crippen molar-refractivity contribution >= 4 is 5.97 Å². The number of benzene rings is 1. The summed E-state index contributed by atoms with van der Waals surface area (Å²) in [5, 5.41) is 9.06. The third kappa shape index (κ3) is 5.05. The second-order valence-electron chi connectivity index (χ2n) is 5.77. The van der Waals surface area contributed by atoms with Crippen molar-refractivity contribution in [2.24, 2.45) is 5.92 Å². The first-order valence-corrected chi connectivity index (χ1v) is 7.73. The van der Waals surface area contributed by atoms with Crippen LogP contribution in [0.5, 0.6) is 5.75 Å². The summed E-state index contributed by atoms with van der Waals surface area (Å²) in [5.41, 5.74) is 0.208. The average molecular weight is 292 g/mol. The molecule has 1 N–H and O–H groups in total. The van der Waals surface area contributed by atoms with Gasteiger partial charge in [0.05, 0.1) is 19.3 Å². The van der Waals surface area contributed by atoms with Gasteiger partial charge in [0, 0.05) is 6.42 Å². The van der Waals surface area contributed by atoms with Crippen molar-refractivity contribution in [2.75, 3.05) is 13.2 Å². The minimum atomic E-state index is -0.960. The van der Waals surface area contributed by atoms with Crippen LogP contribution in [0.15, 0.2) is 24.3 Å². The molecule has 0 aromatic heterocycles. The normalized spacial score (nSPS) is 22.0. The van der Waals surface area contributed by atoms with Gasteiger partial charge < -0.3 is 14.6 Å². The molecule has 2 unspecified atom stereocenters. The number of rotatable bonds is 7. The van der Waals surface area contributed by atoms with Crippen LogP contribution in [0.25, 0.3) is 0 Å². The quantitative estimate of drug-likeness (QED) is 0.778. The molecule has 4 heteroatoms. The number of carbonyl (C=O) groups is 1. The van der Waals surface area contributed by atoms with Crippen molar-refractivity contribution in [2.45, 2.75) is 45.1 Å². The topological polar surface area (TPSA) is 55.8 Å². The maximum atomic E-state index is 11.0. The molecule has 0 saturated heterocycles. The number of para-hydroxylation sites is 1. The zero-order valence-electron chi connectivity index (χ0n) is 12.6. The Morgan fingerprint density at radius 1 is 1.29 bits per heavy atom. The third-order valence-corrected chi connectivity index (χ3v) is 3.91. The molecule has 0 radical (unpaired) electrons. The monoisotopic (exact) mass is 292 g/mol. The van der Waals surface area contributed by atoms with Crippen LogP contribution in [0, 0.1) is 5.92 Å². The van der Waals surface area contributed by atoms with Gasteiger partial charge in [0.1, 0.15) is 11.3 Å². The highest BCUT2D eigenvalue weighted by molar-refractivity contribution is 5.90. The van der Waals surface area contributed by atoms with E-state index in [1.54, 1.807) is 24.3 Å². The van der Waals surface area contributed by atoms with E-state index in [1.807, 2.05) is 0 Å². The van der Waals surface area contributed by atoms with Crippen molar-refractivity contribution in [1.29, 1.82) is 0 Å². The maximum absolute atomic E-state index is 11.0. The van der Waals surface area contributed by atoms with E-state index in [4.69, 9.17) is 14.6 Å². The number of hydrogen-bond acceptors (Lipinski definition) is 3. The van der Waals surface area contributed by atoms with Gasteiger partial charge in [-0.25, -0.2) is 4.79 Å². The maximum Gasteiger partial charge on any atom is 0.339 e. The number of hydrogen-bond donors (Lipinski definition) is 1. The molecule has 4 nitrogen and oxygen atoms in total. The Labute approximate surface area is 126 Å². The van der Waals surface area contributed by atoms with Crippen LogP contribution in [0.4, 0.5) is 0 Å². The first kappa shape index (κ1) is 15.8. The highest BCUT2D eigenvalue weighted by Gasteiger charge is 2.18. The molecular weight excluding hydrogens is 268 g/mol. The Morgan fingerprint density at radius 2 is 2.10 bits per heavy atom. The Balaban J connectivity index is 1.67. The van der Waals surface area contributed by atoms with Gasteiger partial charge in [0.25, 0.3) is 0 Å². The predicted molar refractivity (Wildman–Crippen MR) is 80.9 cm³/mol. The summed E-state index contributed by atoms with van der Waals surface area (Å²) in [6.07, 6.45) is 6.05. The molecule has 1 aliphatic rings. The predicted octanol–water partition coefficient (Wildman–Crippen LogP) is 3.75. The Bertz CT molecular complexity index is 458. The number of carboxylic acid groups (broad SMARTS) is 1. The lowest BCUT2D eigenvalue weighted by atomic mass is 9.89. The molecule has 116 valence electrons. The van der Waals surface area contributed by atoms with Gasteiger partial charge >= 0.3 is 5.97 Å². The Kier molecular flexibility index (Phi) is 6.05. The number of aromatic carboxylic acids is 1. The van der Waals surface area contributed by atoms with Gasteiger partial charge in [-0.05, 0) is 30.9 Å². The molecule has 0 heterocycles. The van der Waals surface area contributed by atoms with Crippen LogP contribution >= 0.6 is 0 Å². The van der Waals surface area contributed by atoms with Crippen LogP contribution in [0.2, 0.25) is 0 Å². The van der Waals surface area contributed by atoms with Crippen molar-refractivity contribution in [1.82, 2.24) is 0 Å². The Hall–Kier alpha value is -1.55. The van der Waals surface area contributed by atoms with Crippen LogP contribution in [0.3, 0.4) is 0 Å². The molecule has 0 bridgehead atoms. The molecule has 1 aliphatic carbocycles. The van der Waals surface area contributed by atoms with Gasteiger partial charge in [0.2, 0.25) is 0 Å². The second kappa shape index (κ2) is 8.03. The number of ether oxygens (including phenoxy) is 2. The summed E-state index contributed by atoms with van der Waals surface area (Å²) in [6, 6.07) is 6.72. The SMILES string of the molecule is CC1CCCC(OCCCOc2ccccc2C(=O)O)C1. The molecule has 1 aromatic rings. The minimum absolute atomic E-state index is 0.208. The molecule has 2 atom stereocenters. The fourth-order valence-electron chi connectivity index (χ4n) is 2.79. The summed E-state index contributed by atoms with van der Waals surface area (Å²) in [5.74, 6) is 0.233. The molecular formula is C17H24O4. The van der Waals surface area contributed by atoms with E-state index in [1.165, 1.54) is 12.8 Å². The van der Waals surface area contributed by atoms with Gasteiger partial charge in [-0.1, -0.05) is 31.9 Å². The van der Waals surface area contributed by atoms with Gasteiger partial charge in [-0.15, -0.1) is 0 Å². The molecule has 2 rings (SSSR count). The highest BCUT2D eigenvalue weighted by atomic mass is 16.5. The summed E-state index contributed by atoms with van der Waals surface area (Å²) in [6.45, 7) is 3.43. The van der Waals surface area contributed by atoms with Crippen LogP contribution in [0.1, 0.15) is 49.4 Å². The van der Waals surface area contributed by atoms with Crippen molar-refractivity contribution in [3.05, 3.63) is 29.8 Å². The van der Waals surface area contributed by atoms with E-state index < -0.39 is 5.97 Å². The fraction of sp³-hybridized carbons (Fsp3) is 0.588. The zero-order chi connectivity index (χ0) is 15.1. The van der Waals surface area contributed by atoms with E-state index >= 15 is 0 Å². The molecule has 21 heavy (non-hydrogen) atoms. The van der Waals surface area contributed by atoms with Gasteiger partial charge in [-0.3, -0.25) is 0 Å². The molecule has 1 saturated carbocycles. The lowest BCUT2D eigenvalue weighted by molar-refractivity contribution is 0.0105. The first-order valence-electron chi connectivity index (χ1n) is 7.73. The van der Waals surface area contributed by atoms with E-state index in [0.717, 1.165) is 25.2 Å². The molecule has 0 amide bonds. The van der Waals surface area contributed by atoms with Crippen LogP contribution in [-0.2, 0) is 4.74 Å². The molecule has 1 aromatic carbocycles. The molecule has 0 spiro atoms. The largest absolute Gasteiger partial charge is 0.493 e. The summed E-state index contributed by atoms with van der Waals surface area (Å²) in [7, 11) is 0. The number of carboxylic acids is 1. The average Bonchev–Trinajstić information content (AvgIpc) is 2.47. The zero-order valence-corrected chi connectivity index (χ0v) is 12.6. The van der Waals surface area contributed by atoms with Crippen molar-refractivity contribution < 1.29 is 19.4 Å². The summed E-state index contributed by atoms with van der Waals surface area (Å²) >= 11 is 0. The van der Waals surface area contributed by atoms with E-state index in [0.29, 0.717) is 25.1 Å². The standard InChI is InChI=1S/C17H24O4/c1-13-6-4-7-14(12-13)20-10-5-11-21-16-9-3-2-8-15(16)17(18)19/h2-3,8-9,13-14H,4-7,10-12H2,1H3,(H,18,19). The Morgan fingerprint density at radius 3 is 2.86 bits per heavy atom. The van der Waals surface area contributed by atoms with Gasteiger partial charge in [-0.2, -0.15) is 0 Å². The second-order valence-corrected chi connectivity index (χ2v) is 5.77. The van der Waals surface area contributed by atoms with E-state index in [9.17, 15) is 4.79 Å². The fourth-order valence-corrected chi connectivity index (χ4v) is 2.79. The summed E-state index contributed by atoms with van der Waals surface area (Å²) < 4.78 is 11.4. The van der Waals surface area contributed by atoms with Crippen LogP contribution < -0.4 is 4.74 Å². The van der Waals surface area contributed by atoms with Crippen LogP contribution in [-0.4, -0.2) is 30.4 Å².